The van der Waals surface area contributed by atoms with Crippen molar-refractivity contribution >= 4 is 126 Å². The highest BCUT2D eigenvalue weighted by Gasteiger charge is 2.46. The van der Waals surface area contributed by atoms with Crippen LogP contribution in [0.25, 0.3) is 33.5 Å². The number of amides is 2. The van der Waals surface area contributed by atoms with Crippen LogP contribution >= 0.6 is 21.6 Å². The summed E-state index contributed by atoms with van der Waals surface area (Å²) in [4.78, 5) is 188. The van der Waals surface area contributed by atoms with Gasteiger partial charge in [0.1, 0.15) is 19.0 Å². The van der Waals surface area contributed by atoms with Gasteiger partial charge in [-0.05, 0) is 86.2 Å². The Bertz CT molecular complexity index is 4360. The number of fused-ring (bicyclic) bond motifs is 6. The van der Waals surface area contributed by atoms with Gasteiger partial charge in [0.05, 0.1) is 84.2 Å². The van der Waals surface area contributed by atoms with Gasteiger partial charge in [0.15, 0.2) is 40.1 Å². The summed E-state index contributed by atoms with van der Waals surface area (Å²) in [6, 6.07) is 8.61. The summed E-state index contributed by atoms with van der Waals surface area (Å²) < 4.78 is 17.4. The van der Waals surface area contributed by atoms with Gasteiger partial charge in [0.2, 0.25) is 17.8 Å². The molecule has 0 fully saturated rings. The van der Waals surface area contributed by atoms with Crippen LogP contribution in [0.5, 0.6) is 5.75 Å². The first-order chi connectivity index (χ1) is 47.6. The summed E-state index contributed by atoms with van der Waals surface area (Å²) in [6.45, 7) is 3.24. The first kappa shape index (κ1) is 74.9. The number of guanidine groups is 1. The average molecular weight is 1420 g/mol. The molecule has 0 saturated heterocycles. The Morgan fingerprint density at radius 1 is 0.820 bits per heavy atom. The number of aromatic nitrogens is 6. The molecule has 0 radical (unpaired) electrons. The van der Waals surface area contributed by atoms with Gasteiger partial charge in [-0.25, -0.2) is 24.5 Å². The lowest BCUT2D eigenvalue weighted by atomic mass is 9.86. The highest BCUT2D eigenvalue weighted by molar-refractivity contribution is 8.76. The molecule has 2 aliphatic heterocycles. The fourth-order valence-electron chi connectivity index (χ4n) is 11.3. The van der Waals surface area contributed by atoms with Crippen molar-refractivity contribution in [2.24, 2.45) is 23.5 Å². The van der Waals surface area contributed by atoms with E-state index in [2.05, 4.69) is 41.2 Å². The number of hydrogen-bond donors (Lipinski definition) is 13. The number of nitrogens with one attached hydrogen (secondary N) is 6. The molecular weight excluding hydrogens is 1350 g/mol. The van der Waals surface area contributed by atoms with Crippen molar-refractivity contribution in [1.82, 2.24) is 45.4 Å². The fraction of sp³-hybridized carbons (Fsp3) is 0.406. The second-order valence-electron chi connectivity index (χ2n) is 23.4. The molecule has 2 aliphatic rings. The molecule has 0 bridgehead atoms. The number of pyridine rings is 2. The molecule has 0 aliphatic carbocycles. The van der Waals surface area contributed by atoms with Gasteiger partial charge < -0.3 is 77.0 Å². The van der Waals surface area contributed by atoms with Crippen LogP contribution in [0.15, 0.2) is 64.3 Å². The van der Waals surface area contributed by atoms with Crippen molar-refractivity contribution in [3.8, 4) is 17.1 Å². The number of nitrogens with zero attached hydrogens (tertiary/aromatic N) is 5. The molecule has 0 saturated carbocycles. The maximum absolute atomic E-state index is 14.0. The van der Waals surface area contributed by atoms with Crippen LogP contribution in [-0.2, 0) is 84.3 Å². The minimum absolute atomic E-state index is 0.0169. The van der Waals surface area contributed by atoms with E-state index < -0.39 is 163 Å². The Labute approximate surface area is 574 Å². The number of carbonyl (C=O) groups excluding carboxylic acids is 7. The minimum Gasteiger partial charge on any atom is -0.481 e. The van der Waals surface area contributed by atoms with Gasteiger partial charge in [0.25, 0.3) is 11.1 Å². The van der Waals surface area contributed by atoms with Crippen molar-refractivity contribution in [2.45, 2.75) is 122 Å². The molecular formula is C64H71N13O21S2. The maximum atomic E-state index is 14.0. The van der Waals surface area contributed by atoms with Gasteiger partial charge >= 0.3 is 36.0 Å². The molecule has 100 heavy (non-hydrogen) atoms. The fourth-order valence-corrected chi connectivity index (χ4v) is 13.5. The highest BCUT2D eigenvalue weighted by Crippen LogP contribution is 2.41. The monoisotopic (exact) mass is 1420 g/mol. The number of cyclic esters (lactones) is 1. The molecule has 36 heteroatoms. The van der Waals surface area contributed by atoms with Gasteiger partial charge in [-0.3, -0.25) is 63.1 Å². The Kier molecular flexibility index (Phi) is 25.2. The number of ether oxygens (including phenoxy) is 3. The van der Waals surface area contributed by atoms with Crippen LogP contribution in [0.2, 0.25) is 0 Å². The summed E-state index contributed by atoms with van der Waals surface area (Å²) in [6.07, 6.45) is -4.67. The third kappa shape index (κ3) is 18.9. The van der Waals surface area contributed by atoms with E-state index in [0.29, 0.717) is 40.1 Å². The number of aliphatic hydroxyl groups is 1. The molecule has 0 spiro atoms. The number of hydrogen-bond acceptors (Lipinski definition) is 26. The number of esters is 1. The molecule has 2 amide bonds. The summed E-state index contributed by atoms with van der Waals surface area (Å²) >= 11 is 0. The molecule has 6 heterocycles. The zero-order valence-corrected chi connectivity index (χ0v) is 55.4. The van der Waals surface area contributed by atoms with Gasteiger partial charge in [-0.1, -0.05) is 35.4 Å². The topological polar surface area (TPSA) is 547 Å². The van der Waals surface area contributed by atoms with E-state index in [1.165, 1.54) is 41.1 Å². The number of nitrogen functional groups attached to an aromatic ring is 1. The molecule has 2 aromatic carbocycles. The lowest BCUT2D eigenvalue weighted by Crippen LogP contribution is -2.48. The Morgan fingerprint density at radius 2 is 1.51 bits per heavy atom. The van der Waals surface area contributed by atoms with Gasteiger partial charge in [-0.2, -0.15) is 4.98 Å². The number of rotatable bonds is 37. The van der Waals surface area contributed by atoms with Crippen molar-refractivity contribution in [2.75, 3.05) is 35.7 Å². The maximum Gasteiger partial charge on any atom is 0.513 e. The number of ketones is 3. The number of carboxylic acids is 4. The zero-order chi connectivity index (χ0) is 72.7. The van der Waals surface area contributed by atoms with Crippen molar-refractivity contribution in [3.63, 3.8) is 0 Å². The van der Waals surface area contributed by atoms with Crippen molar-refractivity contribution in [1.29, 1.82) is 5.41 Å². The number of anilines is 2. The predicted octanol–water partition coefficient (Wildman–Crippen LogP) is 2.93. The standard InChI is InChI=1S/C64H71N13O21S2/c1-3-37-38-21-36(12-13-42(38)73-52-39(37)27-77-45(52)22-41-40(57(77)88)28-97-60(93)64(41,95)4-2)98-63(94)96-16-17-99-100-29-33(59(91)92)20-48(80)44(24-51(84)85)74-55(86)31(6-5-15-68-61(65)66)18-47(79)43(23-50(82)83)72-49(81)14-9-32(58(89)90)19-46(78)30-7-10-34(11-8-30)69-25-35-26-70-54-53(71-35)56(87)76-62(67)75-54/h7-8,10-13,21-22,26,31-33,43-44,69,95H,3-6,9,14-20,23-25,27-29H2,1-2H3,(H,72,81)(H,74,86)(H,82,83)(H,84,85)(H,89,90)(H,91,92)(H4,65,66,68)(H3,67,70,75,76,87)/t31-,32-,33+,43+,44+,64+/m1/s1. The van der Waals surface area contributed by atoms with Crippen molar-refractivity contribution in [3.05, 3.63) is 109 Å². The largest absolute Gasteiger partial charge is 0.513 e. The number of carboxylic acid groups (broad SMARTS) is 4. The quantitative estimate of drug-likeness (QED) is 0.00506. The number of carbonyl (C=O) groups is 11. The Morgan fingerprint density at radius 3 is 2.17 bits per heavy atom. The third-order valence-corrected chi connectivity index (χ3v) is 19.0. The second-order valence-corrected chi connectivity index (χ2v) is 26.0. The molecule has 4 aromatic heterocycles. The first-order valence-corrected chi connectivity index (χ1v) is 33.8. The molecule has 6 atom stereocenters. The van der Waals surface area contributed by atoms with E-state index in [0.717, 1.165) is 32.7 Å². The van der Waals surface area contributed by atoms with Crippen LogP contribution in [0.4, 0.5) is 16.4 Å². The van der Waals surface area contributed by atoms with Crippen LogP contribution in [0.3, 0.4) is 0 Å². The summed E-state index contributed by atoms with van der Waals surface area (Å²) in [5.74, 6) is -16.5. The number of H-pyrrole nitrogens is 1. The number of Topliss-reactive ketones (excluding diaryl/α,β-unsaturated/α-hetero) is 3. The van der Waals surface area contributed by atoms with Crippen LogP contribution in [-0.4, -0.2) is 163 Å². The van der Waals surface area contributed by atoms with Gasteiger partial charge in [0, 0.05) is 77.4 Å². The number of aromatic amines is 1. The molecule has 34 nitrogen and oxygen atoms in total. The minimum atomic E-state index is -2.00. The number of nitrogens with two attached hydrogens (primary N) is 2. The lowest BCUT2D eigenvalue weighted by Gasteiger charge is -2.31. The number of aryl methyl sites for hydroxylation is 1. The molecule has 15 N–H and O–H groups in total. The first-order valence-electron chi connectivity index (χ1n) is 31.3. The Balaban J connectivity index is 0.812. The SMILES string of the molecule is CCc1c2c(nc3ccc(OC(=O)OCCSSC[C@H](CC(=O)[C@H](CC(=O)O)NC(=O)[C@H](CCCNC(=N)N)CC(=O)[C@H](CC(=O)O)NC(=O)CC[C@H](CC(=O)c4ccc(NCc5cnc6nc(N)[nH]c(=O)c6n5)cc4)C(=O)O)C(=O)O)cc13)-c1cc3c(c(=O)n1C2)COC(=O)[C@]3(O)CC. The van der Waals surface area contributed by atoms with Gasteiger partial charge in [-0.15, -0.1) is 0 Å². The molecule has 530 valence electrons. The van der Waals surface area contributed by atoms with E-state index in [1.807, 2.05) is 6.92 Å². The molecule has 0 unspecified atom stereocenters. The smallest absolute Gasteiger partial charge is 0.481 e. The Hall–Kier alpha value is -10.9. The second kappa shape index (κ2) is 33.6. The number of aliphatic carboxylic acids is 4. The van der Waals surface area contributed by atoms with Crippen LogP contribution < -0.4 is 48.6 Å². The van der Waals surface area contributed by atoms with Crippen LogP contribution in [0.1, 0.15) is 116 Å². The average Bonchev–Trinajstić information content (AvgIpc) is 1.52. The number of benzene rings is 2. The predicted molar refractivity (Wildman–Crippen MR) is 358 cm³/mol. The van der Waals surface area contributed by atoms with E-state index in [4.69, 9.17) is 36.1 Å². The zero-order valence-electron chi connectivity index (χ0n) is 53.8. The van der Waals surface area contributed by atoms with E-state index >= 15 is 0 Å². The van der Waals surface area contributed by atoms with E-state index in [9.17, 15) is 87.9 Å². The normalized spacial score (nSPS) is 15.1. The molecule has 8 rings (SSSR count). The van der Waals surface area contributed by atoms with E-state index in [-0.39, 0.29) is 103 Å². The summed E-state index contributed by atoms with van der Waals surface area (Å²) in [5, 5.41) is 69.2. The lowest BCUT2D eigenvalue weighted by molar-refractivity contribution is -0.172. The highest BCUT2D eigenvalue weighted by atomic mass is 33.1. The van der Waals surface area contributed by atoms with Crippen molar-refractivity contribution < 1.29 is 92.5 Å². The summed E-state index contributed by atoms with van der Waals surface area (Å²) in [7, 11) is 2.05. The molecule has 6 aromatic rings. The summed E-state index contributed by atoms with van der Waals surface area (Å²) in [5.41, 5.74) is 12.3. The van der Waals surface area contributed by atoms with E-state index in [1.54, 1.807) is 25.1 Å². The van der Waals surface area contributed by atoms with Crippen LogP contribution in [0, 0.1) is 23.2 Å². The third-order valence-electron chi connectivity index (χ3n) is 16.6.